The molecule has 1 aromatic heterocycles. The van der Waals surface area contributed by atoms with Gasteiger partial charge in [0.05, 0.1) is 12.5 Å². The number of methoxy groups -OCH3 is 1. The monoisotopic (exact) mass is 480 g/mol. The van der Waals surface area contributed by atoms with Gasteiger partial charge in [0.1, 0.15) is 28.8 Å². The summed E-state index contributed by atoms with van der Waals surface area (Å²) in [6.07, 6.45) is 8.64. The highest BCUT2D eigenvalue weighted by Crippen LogP contribution is 2.50. The molecule has 0 bridgehead atoms. The van der Waals surface area contributed by atoms with Crippen molar-refractivity contribution in [2.24, 2.45) is 0 Å². The van der Waals surface area contributed by atoms with Crippen LogP contribution in [0.5, 0.6) is 11.5 Å². The van der Waals surface area contributed by atoms with Gasteiger partial charge in [-0.1, -0.05) is 48.6 Å². The first-order valence-corrected chi connectivity index (χ1v) is 12.7. The number of para-hydroxylation sites is 1. The van der Waals surface area contributed by atoms with Crippen LogP contribution < -0.4 is 9.47 Å². The van der Waals surface area contributed by atoms with Crippen LogP contribution in [0.3, 0.4) is 0 Å². The summed E-state index contributed by atoms with van der Waals surface area (Å²) in [7, 11) is 1.70. The number of ether oxygens (including phenoxy) is 2. The van der Waals surface area contributed by atoms with Gasteiger partial charge in [0.15, 0.2) is 0 Å². The number of furan rings is 1. The van der Waals surface area contributed by atoms with E-state index in [0.717, 1.165) is 44.4 Å². The lowest BCUT2D eigenvalue weighted by Gasteiger charge is -2.27. The SMILES string of the molecule is COc1ccc(-c2cc3cc4oc5ccccc5c4cc3c3cc4c(cc23)C2(C)C=CC=CC2O4)cc1. The summed E-state index contributed by atoms with van der Waals surface area (Å²) in [6, 6.07) is 27.9. The van der Waals surface area contributed by atoms with Gasteiger partial charge in [0.2, 0.25) is 0 Å². The summed E-state index contributed by atoms with van der Waals surface area (Å²) in [4.78, 5) is 0. The Kier molecular flexibility index (Phi) is 4.06. The van der Waals surface area contributed by atoms with Crippen LogP contribution in [-0.2, 0) is 5.41 Å². The van der Waals surface area contributed by atoms with E-state index >= 15 is 0 Å². The van der Waals surface area contributed by atoms with Gasteiger partial charge < -0.3 is 13.9 Å². The van der Waals surface area contributed by atoms with E-state index in [9.17, 15) is 0 Å². The van der Waals surface area contributed by atoms with E-state index in [0.29, 0.717) is 0 Å². The molecule has 37 heavy (non-hydrogen) atoms. The molecule has 178 valence electrons. The quantitative estimate of drug-likeness (QED) is 0.232. The Morgan fingerprint density at radius 1 is 0.757 bits per heavy atom. The van der Waals surface area contributed by atoms with Gasteiger partial charge in [-0.25, -0.2) is 0 Å². The highest BCUT2D eigenvalue weighted by Gasteiger charge is 2.43. The fourth-order valence-electron chi connectivity index (χ4n) is 6.18. The third kappa shape index (κ3) is 2.83. The second-order valence-electron chi connectivity index (χ2n) is 10.3. The van der Waals surface area contributed by atoms with Crippen LogP contribution in [0.15, 0.2) is 108 Å². The van der Waals surface area contributed by atoms with Crippen LogP contribution >= 0.6 is 0 Å². The number of benzene rings is 5. The van der Waals surface area contributed by atoms with Crippen molar-refractivity contribution in [3.63, 3.8) is 0 Å². The molecule has 3 nitrogen and oxygen atoms in total. The first-order chi connectivity index (χ1) is 18.1. The normalized spacial score (nSPS) is 20.0. The van der Waals surface area contributed by atoms with Crippen molar-refractivity contribution >= 4 is 43.5 Å². The Labute approximate surface area is 214 Å². The minimum Gasteiger partial charge on any atom is -0.497 e. The highest BCUT2D eigenvalue weighted by atomic mass is 16.5. The van der Waals surface area contributed by atoms with Crippen molar-refractivity contribution in [1.29, 1.82) is 0 Å². The minimum absolute atomic E-state index is 0.00420. The summed E-state index contributed by atoms with van der Waals surface area (Å²) in [5.41, 5.74) is 5.19. The Morgan fingerprint density at radius 3 is 2.49 bits per heavy atom. The molecule has 2 heterocycles. The fourth-order valence-corrected chi connectivity index (χ4v) is 6.18. The molecule has 6 aromatic rings. The van der Waals surface area contributed by atoms with Gasteiger partial charge in [-0.2, -0.15) is 0 Å². The number of rotatable bonds is 2. The highest BCUT2D eigenvalue weighted by molar-refractivity contribution is 6.20. The van der Waals surface area contributed by atoms with Gasteiger partial charge in [-0.05, 0) is 94.2 Å². The van der Waals surface area contributed by atoms with E-state index in [1.165, 1.54) is 27.3 Å². The summed E-state index contributed by atoms with van der Waals surface area (Å²) in [5, 5.41) is 7.02. The Morgan fingerprint density at radius 2 is 1.62 bits per heavy atom. The van der Waals surface area contributed by atoms with Gasteiger partial charge >= 0.3 is 0 Å². The molecular weight excluding hydrogens is 456 g/mol. The molecule has 0 spiro atoms. The molecule has 0 radical (unpaired) electrons. The summed E-state index contributed by atoms with van der Waals surface area (Å²) < 4.78 is 18.2. The van der Waals surface area contributed by atoms with E-state index in [1.54, 1.807) is 7.11 Å². The second-order valence-corrected chi connectivity index (χ2v) is 10.3. The molecular formula is C34H24O3. The predicted octanol–water partition coefficient (Wildman–Crippen LogP) is 8.71. The lowest BCUT2D eigenvalue weighted by molar-refractivity contribution is 0.228. The maximum Gasteiger partial charge on any atom is 0.136 e. The van der Waals surface area contributed by atoms with Crippen LogP contribution in [0, 0.1) is 0 Å². The summed E-state index contributed by atoms with van der Waals surface area (Å²) in [6.45, 7) is 2.27. The molecule has 8 rings (SSSR count). The maximum atomic E-state index is 6.52. The molecule has 0 fully saturated rings. The van der Waals surface area contributed by atoms with E-state index < -0.39 is 0 Å². The van der Waals surface area contributed by atoms with E-state index in [2.05, 4.69) is 85.8 Å². The fraction of sp³-hybridized carbons (Fsp3) is 0.118. The lowest BCUT2D eigenvalue weighted by Crippen LogP contribution is -2.32. The average Bonchev–Trinajstić information content (AvgIpc) is 3.44. The molecule has 0 N–H and O–H groups in total. The van der Waals surface area contributed by atoms with Gasteiger partial charge in [0.25, 0.3) is 0 Å². The van der Waals surface area contributed by atoms with Crippen LogP contribution in [-0.4, -0.2) is 13.2 Å². The van der Waals surface area contributed by atoms with Crippen molar-refractivity contribution in [3.8, 4) is 22.6 Å². The Bertz CT molecular complexity index is 1960. The van der Waals surface area contributed by atoms with E-state index in [1.807, 2.05) is 24.3 Å². The third-order valence-corrected chi connectivity index (χ3v) is 8.21. The van der Waals surface area contributed by atoms with Crippen LogP contribution in [0.1, 0.15) is 12.5 Å². The largest absolute Gasteiger partial charge is 0.497 e. The zero-order chi connectivity index (χ0) is 24.7. The third-order valence-electron chi connectivity index (χ3n) is 8.21. The molecule has 3 heteroatoms. The summed E-state index contributed by atoms with van der Waals surface area (Å²) in [5.74, 6) is 1.81. The molecule has 0 saturated heterocycles. The molecule has 2 aliphatic rings. The molecule has 5 aromatic carbocycles. The van der Waals surface area contributed by atoms with Crippen molar-refractivity contribution in [2.75, 3.05) is 7.11 Å². The predicted molar refractivity (Wildman–Crippen MR) is 151 cm³/mol. The van der Waals surface area contributed by atoms with Crippen LogP contribution in [0.4, 0.5) is 0 Å². The van der Waals surface area contributed by atoms with Gasteiger partial charge in [0, 0.05) is 16.3 Å². The van der Waals surface area contributed by atoms with Crippen LogP contribution in [0.25, 0.3) is 54.6 Å². The van der Waals surface area contributed by atoms with Crippen molar-refractivity contribution in [1.82, 2.24) is 0 Å². The molecule has 2 unspecified atom stereocenters. The molecule has 2 atom stereocenters. The van der Waals surface area contributed by atoms with Crippen molar-refractivity contribution in [2.45, 2.75) is 18.4 Å². The van der Waals surface area contributed by atoms with Gasteiger partial charge in [-0.15, -0.1) is 0 Å². The first kappa shape index (κ1) is 20.7. The van der Waals surface area contributed by atoms with E-state index in [-0.39, 0.29) is 11.5 Å². The number of hydrogen-bond acceptors (Lipinski definition) is 3. The zero-order valence-corrected chi connectivity index (χ0v) is 20.6. The van der Waals surface area contributed by atoms with Gasteiger partial charge in [-0.3, -0.25) is 0 Å². The zero-order valence-electron chi connectivity index (χ0n) is 20.6. The smallest absolute Gasteiger partial charge is 0.136 e. The first-order valence-electron chi connectivity index (χ1n) is 12.7. The average molecular weight is 481 g/mol. The molecule has 1 aliphatic heterocycles. The van der Waals surface area contributed by atoms with Crippen molar-refractivity contribution in [3.05, 3.63) is 109 Å². The second kappa shape index (κ2) is 7.27. The number of hydrogen-bond donors (Lipinski definition) is 0. The van der Waals surface area contributed by atoms with Crippen molar-refractivity contribution < 1.29 is 13.9 Å². The van der Waals surface area contributed by atoms with E-state index in [4.69, 9.17) is 13.9 Å². The van der Waals surface area contributed by atoms with Crippen LogP contribution in [0.2, 0.25) is 0 Å². The molecule has 0 amide bonds. The summed E-state index contributed by atoms with van der Waals surface area (Å²) >= 11 is 0. The minimum atomic E-state index is -0.185. The lowest BCUT2D eigenvalue weighted by atomic mass is 9.76. The Hall–Kier alpha value is -4.50. The maximum absolute atomic E-state index is 6.52. The molecule has 0 saturated carbocycles. The topological polar surface area (TPSA) is 31.6 Å². The standard InChI is InChI=1S/C34H24O3/c1-34-14-6-5-9-33(34)37-32-19-27-25-17-28-23-7-3-4-8-30(23)36-31(28)16-21(25)15-24(26(27)18-29(32)34)20-10-12-22(35-2)13-11-20/h3-19,33H,1-2H3. The Balaban J connectivity index is 1.49. The molecule has 1 aliphatic carbocycles. The number of fused-ring (bicyclic) bond motifs is 9. The number of allylic oxidation sites excluding steroid dienone is 2.